The maximum atomic E-state index is 14.6. The number of amides is 1. The summed E-state index contributed by atoms with van der Waals surface area (Å²) in [6.07, 6.45) is -0.0701. The lowest BCUT2D eigenvalue weighted by Gasteiger charge is -2.35. The number of aryl methyl sites for hydroxylation is 1. The summed E-state index contributed by atoms with van der Waals surface area (Å²) in [5.74, 6) is -1.38. The molecular weight excluding hydrogens is 399 g/mol. The average molecular weight is 417 g/mol. The van der Waals surface area contributed by atoms with Crippen LogP contribution in [0.3, 0.4) is 0 Å². The number of amidine groups is 1. The second kappa shape index (κ2) is 8.41. The first-order chi connectivity index (χ1) is 14.3. The van der Waals surface area contributed by atoms with Crippen molar-refractivity contribution < 1.29 is 22.7 Å². The molecule has 2 atom stereocenters. The van der Waals surface area contributed by atoms with Gasteiger partial charge >= 0.3 is 0 Å². The summed E-state index contributed by atoms with van der Waals surface area (Å²) < 4.78 is 46.8. The van der Waals surface area contributed by atoms with E-state index in [0.29, 0.717) is 11.1 Å². The monoisotopic (exact) mass is 417 g/mol. The van der Waals surface area contributed by atoms with E-state index in [9.17, 15) is 18.0 Å². The van der Waals surface area contributed by atoms with Gasteiger partial charge in [0.2, 0.25) is 0 Å². The third-order valence-corrected chi connectivity index (χ3v) is 4.72. The first-order valence-electron chi connectivity index (χ1n) is 8.94. The highest BCUT2D eigenvalue weighted by atomic mass is 19.1. The maximum Gasteiger partial charge on any atom is 0.283 e. The molecule has 1 aromatic carbocycles. The van der Waals surface area contributed by atoms with Crippen LogP contribution in [0.5, 0.6) is 0 Å². The molecule has 2 unspecified atom stereocenters. The molecule has 0 fully saturated rings. The Morgan fingerprint density at radius 1 is 1.43 bits per heavy atom. The Kier molecular flexibility index (Phi) is 5.91. The van der Waals surface area contributed by atoms with Gasteiger partial charge in [0.05, 0.1) is 5.56 Å². The molecule has 2 aromatic rings. The lowest BCUT2D eigenvalue weighted by Crippen LogP contribution is -2.43. The van der Waals surface area contributed by atoms with Crippen LogP contribution in [-0.2, 0) is 10.3 Å². The number of aromatic nitrogens is 1. The number of benzene rings is 1. The summed E-state index contributed by atoms with van der Waals surface area (Å²) >= 11 is 0. The van der Waals surface area contributed by atoms with Gasteiger partial charge in [-0.15, -0.1) is 0 Å². The largest absolute Gasteiger partial charge is 0.459 e. The molecule has 0 spiro atoms. The topological polar surface area (TPSA) is 113 Å². The van der Waals surface area contributed by atoms with Gasteiger partial charge in [0, 0.05) is 23.9 Å². The van der Waals surface area contributed by atoms with Crippen molar-refractivity contribution in [3.63, 3.8) is 0 Å². The van der Waals surface area contributed by atoms with Crippen molar-refractivity contribution in [1.29, 1.82) is 5.26 Å². The predicted octanol–water partition coefficient (Wildman–Crippen LogP) is 2.89. The average Bonchev–Trinajstić information content (AvgIpc) is 2.74. The van der Waals surface area contributed by atoms with Gasteiger partial charge in [-0.1, -0.05) is 0 Å². The number of anilines is 1. The number of hydrogen-bond donors (Lipinski definition) is 2. The summed E-state index contributed by atoms with van der Waals surface area (Å²) in [6.45, 7) is -0.467. The van der Waals surface area contributed by atoms with E-state index in [1.54, 1.807) is 6.92 Å². The summed E-state index contributed by atoms with van der Waals surface area (Å²) in [7, 11) is 0. The lowest BCUT2D eigenvalue weighted by atomic mass is 9.85. The van der Waals surface area contributed by atoms with Crippen LogP contribution in [0.4, 0.5) is 18.9 Å². The van der Waals surface area contributed by atoms with Crippen LogP contribution < -0.4 is 11.1 Å². The second-order valence-corrected chi connectivity index (χ2v) is 6.86. The lowest BCUT2D eigenvalue weighted by molar-refractivity contribution is 0.0781. The summed E-state index contributed by atoms with van der Waals surface area (Å²) in [6, 6.07) is 6.56. The fraction of sp³-hybridized carbons (Fsp3) is 0.300. The number of nitrogens with zero attached hydrogens (tertiary/aromatic N) is 3. The van der Waals surface area contributed by atoms with Gasteiger partial charge in [-0.25, -0.2) is 23.1 Å². The molecule has 0 bridgehead atoms. The molecule has 1 aliphatic rings. The molecule has 3 N–H and O–H groups in total. The number of carbonyl (C=O) groups excluding carboxylic acids is 1. The smallest absolute Gasteiger partial charge is 0.283 e. The summed E-state index contributed by atoms with van der Waals surface area (Å²) in [5.41, 5.74) is 4.60. The molecule has 2 heterocycles. The van der Waals surface area contributed by atoms with E-state index in [2.05, 4.69) is 15.3 Å². The third-order valence-electron chi connectivity index (χ3n) is 4.72. The van der Waals surface area contributed by atoms with Crippen LogP contribution in [0.1, 0.15) is 33.6 Å². The highest BCUT2D eigenvalue weighted by Crippen LogP contribution is 2.38. The van der Waals surface area contributed by atoms with Crippen LogP contribution in [0, 0.1) is 24.1 Å². The third kappa shape index (κ3) is 4.05. The number of aliphatic imine (C=N–C) groups is 1. The van der Waals surface area contributed by atoms with E-state index in [1.165, 1.54) is 24.4 Å². The summed E-state index contributed by atoms with van der Waals surface area (Å²) in [5, 5.41) is 11.5. The molecule has 0 saturated carbocycles. The highest BCUT2D eigenvalue weighted by molar-refractivity contribution is 6.03. The second-order valence-electron chi connectivity index (χ2n) is 6.86. The van der Waals surface area contributed by atoms with Crippen molar-refractivity contribution in [2.45, 2.75) is 25.0 Å². The maximum absolute atomic E-state index is 14.6. The van der Waals surface area contributed by atoms with Gasteiger partial charge in [0.15, 0.2) is 0 Å². The van der Waals surface area contributed by atoms with Gasteiger partial charge in [-0.2, -0.15) is 5.26 Å². The number of ether oxygens (including phenoxy) is 1. The molecule has 0 saturated heterocycles. The Hall–Kier alpha value is -3.61. The fourth-order valence-electron chi connectivity index (χ4n) is 3.31. The molecule has 1 aromatic heterocycles. The van der Waals surface area contributed by atoms with Crippen LogP contribution in [0.2, 0.25) is 0 Å². The molecule has 1 aliphatic heterocycles. The summed E-state index contributed by atoms with van der Waals surface area (Å²) in [4.78, 5) is 20.4. The van der Waals surface area contributed by atoms with Crippen molar-refractivity contribution >= 4 is 17.6 Å². The quantitative estimate of drug-likeness (QED) is 0.777. The number of nitrogens with one attached hydrogen (secondary N) is 1. The van der Waals surface area contributed by atoms with E-state index in [4.69, 9.17) is 15.7 Å². The zero-order chi connectivity index (χ0) is 21.9. The minimum atomic E-state index is -1.77. The zero-order valence-electron chi connectivity index (χ0n) is 16.0. The van der Waals surface area contributed by atoms with Gasteiger partial charge < -0.3 is 15.8 Å². The van der Waals surface area contributed by atoms with Crippen LogP contribution in [-0.4, -0.2) is 36.4 Å². The van der Waals surface area contributed by atoms with E-state index in [1.807, 2.05) is 6.07 Å². The SMILES string of the molecule is Cc1cc(C#N)cnc1C(=O)Nc1ccc(F)c(C2(CF)CC(CF)OC(N)=N2)c1. The van der Waals surface area contributed by atoms with Crippen molar-refractivity contribution in [3.8, 4) is 6.07 Å². The number of halogens is 3. The molecule has 1 amide bonds. The number of hydrogen-bond acceptors (Lipinski definition) is 6. The normalized spacial score (nSPS) is 20.6. The highest BCUT2D eigenvalue weighted by Gasteiger charge is 2.42. The molecule has 10 heteroatoms. The number of carbonyl (C=O) groups is 1. The molecule has 7 nitrogen and oxygen atoms in total. The molecule has 0 radical (unpaired) electrons. The van der Waals surface area contributed by atoms with Gasteiger partial charge in [-0.05, 0) is 36.8 Å². The first kappa shape index (κ1) is 21.1. The fourth-order valence-corrected chi connectivity index (χ4v) is 3.31. The number of rotatable bonds is 5. The molecule has 0 aliphatic carbocycles. The first-order valence-corrected chi connectivity index (χ1v) is 8.94. The number of nitriles is 1. The van der Waals surface area contributed by atoms with E-state index in [-0.39, 0.29) is 23.4 Å². The zero-order valence-corrected chi connectivity index (χ0v) is 16.0. The van der Waals surface area contributed by atoms with Gasteiger partial charge in [0.1, 0.15) is 42.6 Å². The number of pyridine rings is 1. The molecule has 156 valence electrons. The minimum Gasteiger partial charge on any atom is -0.459 e. The van der Waals surface area contributed by atoms with Crippen molar-refractivity contribution in [2.24, 2.45) is 10.7 Å². The Bertz CT molecular complexity index is 1050. The van der Waals surface area contributed by atoms with Gasteiger partial charge in [0.25, 0.3) is 11.9 Å². The van der Waals surface area contributed by atoms with Crippen LogP contribution >= 0.6 is 0 Å². The van der Waals surface area contributed by atoms with Crippen LogP contribution in [0.25, 0.3) is 0 Å². The van der Waals surface area contributed by atoms with Crippen molar-refractivity contribution in [1.82, 2.24) is 4.98 Å². The number of nitrogens with two attached hydrogens (primary N) is 1. The van der Waals surface area contributed by atoms with Gasteiger partial charge in [-0.3, -0.25) is 4.79 Å². The Morgan fingerprint density at radius 2 is 2.20 bits per heavy atom. The Balaban J connectivity index is 1.95. The molecular formula is C20H18F3N5O2. The Labute approximate surface area is 170 Å². The molecule has 30 heavy (non-hydrogen) atoms. The minimum absolute atomic E-state index is 0.0749. The van der Waals surface area contributed by atoms with E-state index >= 15 is 0 Å². The van der Waals surface area contributed by atoms with Crippen LogP contribution in [0.15, 0.2) is 35.5 Å². The number of alkyl halides is 2. The Morgan fingerprint density at radius 3 is 2.83 bits per heavy atom. The van der Waals surface area contributed by atoms with Crippen molar-refractivity contribution in [3.05, 3.63) is 58.7 Å². The van der Waals surface area contributed by atoms with Crippen molar-refractivity contribution in [2.75, 3.05) is 18.7 Å². The van der Waals surface area contributed by atoms with E-state index < -0.39 is 42.7 Å². The predicted molar refractivity (Wildman–Crippen MR) is 103 cm³/mol. The standard InChI is InChI=1S/C20H18F3N5O2/c1-11-4-12(8-24)9-26-17(11)18(29)27-13-2-3-16(23)15(5-13)20(10-22)6-14(7-21)30-19(25)28-20/h2-5,9,14H,6-7,10H2,1H3,(H2,25,28)(H,27,29). The van der Waals surface area contributed by atoms with E-state index in [0.717, 1.165) is 6.07 Å². The molecule has 3 rings (SSSR count).